The zero-order valence-electron chi connectivity index (χ0n) is 11.1. The average molecular weight is 303 g/mol. The largest absolute Gasteiger partial charge is 0.495 e. The standard InChI is InChI=1S/C13H13ClF2N2O2/c1-17-6-4-7(13(15)16)18-12-9(20-3)5-8(19-2)11(14)10(6)12/h4-5,13H,1-3H3,(H,17,18). The van der Waals surface area contributed by atoms with E-state index in [0.29, 0.717) is 27.6 Å². The highest BCUT2D eigenvalue weighted by molar-refractivity contribution is 6.38. The molecule has 1 aromatic heterocycles. The van der Waals surface area contributed by atoms with Gasteiger partial charge in [-0.15, -0.1) is 0 Å². The van der Waals surface area contributed by atoms with Crippen LogP contribution in [0.2, 0.25) is 5.02 Å². The quantitative estimate of drug-likeness (QED) is 0.930. The maximum absolute atomic E-state index is 12.9. The van der Waals surface area contributed by atoms with Gasteiger partial charge in [-0.3, -0.25) is 0 Å². The van der Waals surface area contributed by atoms with Gasteiger partial charge in [0, 0.05) is 24.2 Å². The summed E-state index contributed by atoms with van der Waals surface area (Å²) in [6.45, 7) is 0. The molecule has 0 unspecified atom stereocenters. The summed E-state index contributed by atoms with van der Waals surface area (Å²) >= 11 is 6.24. The fourth-order valence-corrected chi connectivity index (χ4v) is 2.28. The van der Waals surface area contributed by atoms with Crippen molar-refractivity contribution in [2.75, 3.05) is 26.6 Å². The van der Waals surface area contributed by atoms with Crippen LogP contribution in [-0.4, -0.2) is 26.3 Å². The molecule has 2 aromatic rings. The monoisotopic (exact) mass is 302 g/mol. The number of rotatable bonds is 4. The molecule has 0 aliphatic rings. The molecule has 1 aromatic carbocycles. The highest BCUT2D eigenvalue weighted by atomic mass is 35.5. The first-order valence-corrected chi connectivity index (χ1v) is 6.12. The van der Waals surface area contributed by atoms with Crippen LogP contribution < -0.4 is 14.8 Å². The molecule has 0 aliphatic carbocycles. The molecule has 0 bridgehead atoms. The molecule has 7 heteroatoms. The van der Waals surface area contributed by atoms with Gasteiger partial charge in [0.05, 0.1) is 19.2 Å². The summed E-state index contributed by atoms with van der Waals surface area (Å²) in [6.07, 6.45) is -2.68. The maximum Gasteiger partial charge on any atom is 0.280 e. The van der Waals surface area contributed by atoms with Gasteiger partial charge in [0.1, 0.15) is 22.7 Å². The van der Waals surface area contributed by atoms with Crippen molar-refractivity contribution in [2.24, 2.45) is 0 Å². The predicted octanol–water partition coefficient (Wildman–Crippen LogP) is 3.88. The fourth-order valence-electron chi connectivity index (χ4n) is 1.95. The number of alkyl halides is 2. The summed E-state index contributed by atoms with van der Waals surface area (Å²) in [4.78, 5) is 3.94. The van der Waals surface area contributed by atoms with Gasteiger partial charge in [0.25, 0.3) is 6.43 Å². The van der Waals surface area contributed by atoms with Gasteiger partial charge >= 0.3 is 0 Å². The first kappa shape index (κ1) is 14.6. The van der Waals surface area contributed by atoms with Crippen molar-refractivity contribution in [2.45, 2.75) is 6.43 Å². The molecule has 0 saturated carbocycles. The number of methoxy groups -OCH3 is 2. The second-order valence-electron chi connectivity index (χ2n) is 3.96. The lowest BCUT2D eigenvalue weighted by molar-refractivity contribution is 0.146. The van der Waals surface area contributed by atoms with Crippen LogP contribution in [0, 0.1) is 0 Å². The molecule has 0 spiro atoms. The Balaban J connectivity index is 2.91. The topological polar surface area (TPSA) is 43.4 Å². The number of halogens is 3. The summed E-state index contributed by atoms with van der Waals surface area (Å²) in [5.74, 6) is 0.708. The second kappa shape index (κ2) is 5.66. The number of pyridine rings is 1. The van der Waals surface area contributed by atoms with E-state index in [1.54, 1.807) is 7.05 Å². The van der Waals surface area contributed by atoms with Crippen molar-refractivity contribution in [3.63, 3.8) is 0 Å². The third-order valence-electron chi connectivity index (χ3n) is 2.90. The van der Waals surface area contributed by atoms with Crippen molar-refractivity contribution in [1.82, 2.24) is 4.98 Å². The van der Waals surface area contributed by atoms with E-state index in [9.17, 15) is 8.78 Å². The van der Waals surface area contributed by atoms with E-state index < -0.39 is 6.43 Å². The minimum absolute atomic E-state index is 0.264. The third kappa shape index (κ3) is 2.31. The van der Waals surface area contributed by atoms with Gasteiger partial charge in [-0.2, -0.15) is 0 Å². The minimum Gasteiger partial charge on any atom is -0.495 e. The average Bonchev–Trinajstić information content (AvgIpc) is 2.46. The van der Waals surface area contributed by atoms with Gasteiger partial charge in [-0.25, -0.2) is 13.8 Å². The normalized spacial score (nSPS) is 10.9. The van der Waals surface area contributed by atoms with E-state index in [1.807, 2.05) is 0 Å². The Morgan fingerprint density at radius 3 is 2.35 bits per heavy atom. The first-order valence-electron chi connectivity index (χ1n) is 5.74. The van der Waals surface area contributed by atoms with Crippen LogP contribution in [0.15, 0.2) is 12.1 Å². The molecule has 2 rings (SSSR count). The Morgan fingerprint density at radius 1 is 1.20 bits per heavy atom. The molecule has 0 fully saturated rings. The molecule has 108 valence electrons. The van der Waals surface area contributed by atoms with Crippen LogP contribution in [0.3, 0.4) is 0 Å². The minimum atomic E-state index is -2.68. The van der Waals surface area contributed by atoms with Crippen LogP contribution >= 0.6 is 11.6 Å². The second-order valence-corrected chi connectivity index (χ2v) is 4.34. The van der Waals surface area contributed by atoms with Crippen molar-refractivity contribution >= 4 is 28.2 Å². The Morgan fingerprint density at radius 2 is 1.85 bits per heavy atom. The van der Waals surface area contributed by atoms with Crippen molar-refractivity contribution in [3.05, 3.63) is 22.8 Å². The molecule has 4 nitrogen and oxygen atoms in total. The first-order chi connectivity index (χ1) is 9.53. The number of benzene rings is 1. The van der Waals surface area contributed by atoms with Crippen molar-refractivity contribution in [1.29, 1.82) is 0 Å². The summed E-state index contributed by atoms with van der Waals surface area (Å²) in [7, 11) is 4.51. The molecule has 0 aliphatic heterocycles. The summed E-state index contributed by atoms with van der Waals surface area (Å²) in [6, 6.07) is 2.78. The number of aromatic nitrogens is 1. The molecule has 0 amide bonds. The highest BCUT2D eigenvalue weighted by Crippen LogP contribution is 2.42. The summed E-state index contributed by atoms with van der Waals surface area (Å²) < 4.78 is 36.2. The third-order valence-corrected chi connectivity index (χ3v) is 3.28. The van der Waals surface area contributed by atoms with E-state index in [-0.39, 0.29) is 11.2 Å². The number of hydrogen-bond acceptors (Lipinski definition) is 4. The van der Waals surface area contributed by atoms with Crippen LogP contribution in [0.25, 0.3) is 10.9 Å². The van der Waals surface area contributed by atoms with E-state index in [4.69, 9.17) is 21.1 Å². The van der Waals surface area contributed by atoms with Crippen LogP contribution in [0.1, 0.15) is 12.1 Å². The molecule has 1 heterocycles. The van der Waals surface area contributed by atoms with Gasteiger partial charge in [-0.05, 0) is 6.07 Å². The number of hydrogen-bond donors (Lipinski definition) is 1. The molecule has 0 atom stereocenters. The van der Waals surface area contributed by atoms with Gasteiger partial charge in [0.2, 0.25) is 0 Å². The molecular formula is C13H13ClF2N2O2. The van der Waals surface area contributed by atoms with Crippen LogP contribution in [0.4, 0.5) is 14.5 Å². The highest BCUT2D eigenvalue weighted by Gasteiger charge is 2.20. The van der Waals surface area contributed by atoms with Gasteiger partial charge in [-0.1, -0.05) is 11.6 Å². The Labute approximate surface area is 119 Å². The number of fused-ring (bicyclic) bond motifs is 1. The zero-order chi connectivity index (χ0) is 14.9. The fraction of sp³-hybridized carbons (Fsp3) is 0.308. The lowest BCUT2D eigenvalue weighted by Gasteiger charge is -2.15. The van der Waals surface area contributed by atoms with Crippen molar-refractivity contribution in [3.8, 4) is 11.5 Å². The van der Waals surface area contributed by atoms with Crippen LogP contribution in [0.5, 0.6) is 11.5 Å². The Hall–Kier alpha value is -1.82. The summed E-state index contributed by atoms with van der Waals surface area (Å²) in [5.41, 5.74) is 0.356. The lowest BCUT2D eigenvalue weighted by Crippen LogP contribution is -2.00. The number of nitrogens with zero attached hydrogens (tertiary/aromatic N) is 1. The van der Waals surface area contributed by atoms with Gasteiger partial charge < -0.3 is 14.8 Å². The molecule has 20 heavy (non-hydrogen) atoms. The maximum atomic E-state index is 12.9. The zero-order valence-corrected chi connectivity index (χ0v) is 11.9. The van der Waals surface area contributed by atoms with E-state index in [1.165, 1.54) is 26.4 Å². The smallest absolute Gasteiger partial charge is 0.280 e. The number of ether oxygens (including phenoxy) is 2. The molecular weight excluding hydrogens is 290 g/mol. The predicted molar refractivity (Wildman–Crippen MR) is 74.4 cm³/mol. The van der Waals surface area contributed by atoms with Crippen molar-refractivity contribution < 1.29 is 18.3 Å². The lowest BCUT2D eigenvalue weighted by atomic mass is 10.1. The summed E-state index contributed by atoms with van der Waals surface area (Å²) in [5, 5.41) is 3.61. The van der Waals surface area contributed by atoms with Crippen LogP contribution in [-0.2, 0) is 0 Å². The Bertz CT molecular complexity index is 650. The van der Waals surface area contributed by atoms with E-state index >= 15 is 0 Å². The molecule has 0 radical (unpaired) electrons. The van der Waals surface area contributed by atoms with E-state index in [2.05, 4.69) is 10.3 Å². The van der Waals surface area contributed by atoms with Gasteiger partial charge in [0.15, 0.2) is 0 Å². The number of nitrogens with one attached hydrogen (secondary N) is 1. The SMILES string of the molecule is CNc1cc(C(F)F)nc2c(OC)cc(OC)c(Cl)c12. The van der Waals surface area contributed by atoms with E-state index in [0.717, 1.165) is 0 Å². The molecule has 1 N–H and O–H groups in total. The molecule has 0 saturated heterocycles. The Kier molecular flexibility index (Phi) is 4.13. The number of anilines is 1.